The number of nitrogens with two attached hydrogens (primary N) is 2. The van der Waals surface area contributed by atoms with Gasteiger partial charge in [0.2, 0.25) is 5.91 Å². The molecule has 0 fully saturated rings. The molecule has 183 valence electrons. The van der Waals surface area contributed by atoms with Gasteiger partial charge in [-0.2, -0.15) is 0 Å². The third-order valence-corrected chi connectivity index (χ3v) is 6.13. The van der Waals surface area contributed by atoms with Crippen molar-refractivity contribution in [1.82, 2.24) is 10.2 Å². The molecule has 1 radical (unpaired) electrons. The number of thiophene rings is 1. The number of benzene rings is 2. The van der Waals surface area contributed by atoms with E-state index in [2.05, 4.69) is 5.32 Å². The Bertz CT molecular complexity index is 1100. The van der Waals surface area contributed by atoms with Crippen LogP contribution in [0.1, 0.15) is 21.6 Å². The van der Waals surface area contributed by atoms with Crippen LogP contribution in [0.2, 0.25) is 0 Å². The third kappa shape index (κ3) is 8.55. The average molecular weight is 494 g/mol. The van der Waals surface area contributed by atoms with E-state index in [9.17, 15) is 14.4 Å². The molecule has 0 aliphatic rings. The molecule has 8 nitrogen and oxygen atoms in total. The molecule has 1 aromatic heterocycles. The normalized spacial score (nSPS) is 10.5. The number of primary amides is 1. The molecule has 9 heteroatoms. The predicted molar refractivity (Wildman–Crippen MR) is 135 cm³/mol. The molecule has 0 bridgehead atoms. The molecule has 0 spiro atoms. The fourth-order valence-corrected chi connectivity index (χ4v) is 3.94. The van der Waals surface area contributed by atoms with Crippen LogP contribution < -0.4 is 21.5 Å². The van der Waals surface area contributed by atoms with Gasteiger partial charge in [0, 0.05) is 24.5 Å². The molecule has 4 amide bonds. The predicted octanol–water partition coefficient (Wildman–Crippen LogP) is 2.80. The van der Waals surface area contributed by atoms with E-state index in [1.165, 1.54) is 11.3 Å². The summed E-state index contributed by atoms with van der Waals surface area (Å²) in [7, 11) is 0. The zero-order valence-electron chi connectivity index (χ0n) is 19.3. The average Bonchev–Trinajstić information content (AvgIpc) is 3.39. The van der Waals surface area contributed by atoms with Crippen molar-refractivity contribution < 1.29 is 19.1 Å². The number of carbonyl (C=O) groups excluding carboxylic acids is 3. The van der Waals surface area contributed by atoms with E-state index >= 15 is 0 Å². The van der Waals surface area contributed by atoms with E-state index < -0.39 is 11.9 Å². The molecule has 5 N–H and O–H groups in total. The summed E-state index contributed by atoms with van der Waals surface area (Å²) in [5, 5.41) is 4.81. The second-order valence-electron chi connectivity index (χ2n) is 7.81. The van der Waals surface area contributed by atoms with E-state index in [0.29, 0.717) is 31.7 Å². The Balaban J connectivity index is 1.58. The minimum Gasteiger partial charge on any atom is -0.484 e. The molecule has 0 atom stereocenters. The van der Waals surface area contributed by atoms with E-state index in [4.69, 9.17) is 16.2 Å². The number of imide groups is 1. The zero-order chi connectivity index (χ0) is 25.0. The fraction of sp³-hybridized carbons (Fsp3) is 0.231. The highest BCUT2D eigenvalue weighted by atomic mass is 32.1. The number of urea groups is 1. The second kappa shape index (κ2) is 13.3. The van der Waals surface area contributed by atoms with Gasteiger partial charge in [-0.25, -0.2) is 4.79 Å². The highest BCUT2D eigenvalue weighted by Gasteiger charge is 2.21. The van der Waals surface area contributed by atoms with Crippen molar-refractivity contribution in [2.45, 2.75) is 25.9 Å². The summed E-state index contributed by atoms with van der Waals surface area (Å²) >= 11 is 1.59. The SMILES string of the molecule is NCc1ccc(CNC(=O)N(CCc2cccs2)C(=O)[CH]Cc2ccc(OCC(N)=O)cc2)cc1. The smallest absolute Gasteiger partial charge is 0.324 e. The van der Waals surface area contributed by atoms with Crippen LogP contribution in [0.25, 0.3) is 0 Å². The first-order valence-electron chi connectivity index (χ1n) is 11.2. The van der Waals surface area contributed by atoms with Gasteiger partial charge in [0.15, 0.2) is 6.61 Å². The Morgan fingerprint density at radius 3 is 2.29 bits per heavy atom. The first-order valence-corrected chi connectivity index (χ1v) is 12.1. The van der Waals surface area contributed by atoms with Gasteiger partial charge in [-0.15, -0.1) is 11.3 Å². The number of nitrogens with zero attached hydrogens (tertiary/aromatic N) is 1. The second-order valence-corrected chi connectivity index (χ2v) is 8.84. The lowest BCUT2D eigenvalue weighted by molar-refractivity contribution is -0.125. The van der Waals surface area contributed by atoms with Gasteiger partial charge in [-0.05, 0) is 53.1 Å². The van der Waals surface area contributed by atoms with E-state index in [1.807, 2.05) is 41.8 Å². The van der Waals surface area contributed by atoms with Gasteiger partial charge in [0.25, 0.3) is 5.91 Å². The minimum absolute atomic E-state index is 0.199. The van der Waals surface area contributed by atoms with Gasteiger partial charge in [-0.1, -0.05) is 42.5 Å². The van der Waals surface area contributed by atoms with Crippen molar-refractivity contribution in [1.29, 1.82) is 0 Å². The van der Waals surface area contributed by atoms with Gasteiger partial charge in [0.05, 0.1) is 6.42 Å². The van der Waals surface area contributed by atoms with Gasteiger partial charge < -0.3 is 21.5 Å². The highest BCUT2D eigenvalue weighted by Crippen LogP contribution is 2.15. The maximum Gasteiger partial charge on any atom is 0.324 e. The molecule has 0 aliphatic heterocycles. The number of rotatable bonds is 12. The number of hydrogen-bond donors (Lipinski definition) is 3. The van der Waals surface area contributed by atoms with Crippen molar-refractivity contribution in [2.24, 2.45) is 11.5 Å². The summed E-state index contributed by atoms with van der Waals surface area (Å²) in [4.78, 5) is 39.1. The van der Waals surface area contributed by atoms with E-state index in [0.717, 1.165) is 21.6 Å². The first-order chi connectivity index (χ1) is 16.9. The molecule has 2 aromatic carbocycles. The number of amides is 4. The lowest BCUT2D eigenvalue weighted by Crippen LogP contribution is -2.44. The number of carbonyl (C=O) groups is 3. The summed E-state index contributed by atoms with van der Waals surface area (Å²) in [6, 6.07) is 18.1. The Kier molecular flexibility index (Phi) is 9.82. The fourth-order valence-electron chi connectivity index (χ4n) is 3.25. The molecule has 3 rings (SSSR count). The van der Waals surface area contributed by atoms with Crippen molar-refractivity contribution in [3.8, 4) is 5.75 Å². The quantitative estimate of drug-likeness (QED) is 0.357. The molecule has 0 unspecified atom stereocenters. The van der Waals surface area contributed by atoms with E-state index in [1.54, 1.807) is 35.6 Å². The highest BCUT2D eigenvalue weighted by molar-refractivity contribution is 7.09. The number of nitrogens with one attached hydrogen (secondary N) is 1. The topological polar surface area (TPSA) is 128 Å². The lowest BCUT2D eigenvalue weighted by Gasteiger charge is -2.21. The van der Waals surface area contributed by atoms with Crippen LogP contribution in [0.5, 0.6) is 5.75 Å². The van der Waals surface area contributed by atoms with Crippen molar-refractivity contribution in [3.05, 3.63) is 94.0 Å². The molecule has 35 heavy (non-hydrogen) atoms. The molecular formula is C26H29N4O4S. The first kappa shape index (κ1) is 25.9. The Labute approximate surface area is 208 Å². The van der Waals surface area contributed by atoms with Crippen LogP contribution >= 0.6 is 11.3 Å². The third-order valence-electron chi connectivity index (χ3n) is 5.19. The summed E-state index contributed by atoms with van der Waals surface area (Å²) in [5.74, 6) is -0.414. The van der Waals surface area contributed by atoms with Crippen LogP contribution in [-0.4, -0.2) is 35.9 Å². The molecule has 1 heterocycles. The maximum atomic E-state index is 13.0. The van der Waals surface area contributed by atoms with Crippen molar-refractivity contribution >= 4 is 29.2 Å². The Morgan fingerprint density at radius 1 is 0.971 bits per heavy atom. The molecular weight excluding hydrogens is 464 g/mol. The lowest BCUT2D eigenvalue weighted by atomic mass is 10.1. The summed E-state index contributed by atoms with van der Waals surface area (Å²) < 4.78 is 5.24. The van der Waals surface area contributed by atoms with Crippen LogP contribution in [0.4, 0.5) is 4.79 Å². The van der Waals surface area contributed by atoms with Crippen LogP contribution in [0, 0.1) is 6.42 Å². The standard InChI is InChI=1S/C26H29N4O4S/c27-16-20-3-5-21(6-4-20)17-29-26(33)30(14-13-23-2-1-15-35-23)25(32)12-9-19-7-10-22(11-8-19)34-18-24(28)31/h1-8,10-12,15H,9,13-14,16-18,27H2,(H2,28,31)(H,29,33). The van der Waals surface area contributed by atoms with Gasteiger partial charge in [-0.3, -0.25) is 14.5 Å². The minimum atomic E-state index is -0.554. The van der Waals surface area contributed by atoms with Crippen molar-refractivity contribution in [2.75, 3.05) is 13.2 Å². The Morgan fingerprint density at radius 2 is 1.66 bits per heavy atom. The number of hydrogen-bond acceptors (Lipinski definition) is 6. The van der Waals surface area contributed by atoms with Gasteiger partial charge >= 0.3 is 6.03 Å². The molecule has 0 saturated heterocycles. The number of ether oxygens (including phenoxy) is 1. The summed E-state index contributed by atoms with van der Waals surface area (Å²) in [6.45, 7) is 0.832. The van der Waals surface area contributed by atoms with Gasteiger partial charge in [0.1, 0.15) is 5.75 Å². The van der Waals surface area contributed by atoms with Crippen molar-refractivity contribution in [3.63, 3.8) is 0 Å². The van der Waals surface area contributed by atoms with Crippen LogP contribution in [0.15, 0.2) is 66.0 Å². The zero-order valence-corrected chi connectivity index (χ0v) is 20.1. The van der Waals surface area contributed by atoms with Crippen LogP contribution in [-0.2, 0) is 35.5 Å². The summed E-state index contributed by atoms with van der Waals surface area (Å²) in [5.41, 5.74) is 13.5. The molecule has 0 saturated carbocycles. The monoisotopic (exact) mass is 493 g/mol. The maximum absolute atomic E-state index is 13.0. The van der Waals surface area contributed by atoms with E-state index in [-0.39, 0.29) is 19.1 Å². The summed E-state index contributed by atoms with van der Waals surface area (Å²) in [6.07, 6.45) is 2.42. The van der Waals surface area contributed by atoms with Crippen LogP contribution in [0.3, 0.4) is 0 Å². The largest absolute Gasteiger partial charge is 0.484 e. The molecule has 0 aliphatic carbocycles. The molecule has 3 aromatic rings. The Hall–Kier alpha value is -3.69.